The maximum Gasteiger partial charge on any atom is 0.255 e. The Kier molecular flexibility index (Phi) is 7.91. The van der Waals surface area contributed by atoms with E-state index in [1.54, 1.807) is 6.07 Å². The first-order valence-electron chi connectivity index (χ1n) is 13.4. The van der Waals surface area contributed by atoms with Gasteiger partial charge in [-0.05, 0) is 61.9 Å². The van der Waals surface area contributed by atoms with E-state index >= 15 is 0 Å². The van der Waals surface area contributed by atoms with Crippen LogP contribution in [-0.2, 0) is 0 Å². The van der Waals surface area contributed by atoms with Gasteiger partial charge in [-0.25, -0.2) is 4.39 Å². The Labute approximate surface area is 218 Å². The highest BCUT2D eigenvalue weighted by Gasteiger charge is 2.20. The van der Waals surface area contributed by atoms with Crippen molar-refractivity contribution in [2.75, 3.05) is 49.5 Å². The molecule has 2 saturated heterocycles. The van der Waals surface area contributed by atoms with Crippen molar-refractivity contribution < 1.29 is 19.0 Å². The summed E-state index contributed by atoms with van der Waals surface area (Å²) in [5.74, 6) is 0.694. The second-order valence-corrected chi connectivity index (χ2v) is 10.4. The fraction of sp³-hybridized carbons (Fsp3) is 0.433. The maximum absolute atomic E-state index is 14.5. The van der Waals surface area contributed by atoms with Crippen LogP contribution >= 0.6 is 0 Å². The number of nitrogens with one attached hydrogen (secondary N) is 1. The number of aliphatic hydroxyl groups excluding tert-OH is 1. The topological polar surface area (TPSA) is 65.0 Å². The number of anilines is 2. The molecule has 2 N–H and O–H groups in total. The van der Waals surface area contributed by atoms with E-state index in [9.17, 15) is 14.3 Å². The molecule has 196 valence electrons. The number of nitrogens with zero attached hydrogens (tertiary/aromatic N) is 2. The molecule has 0 atom stereocenters. The zero-order valence-corrected chi connectivity index (χ0v) is 21.5. The second-order valence-electron chi connectivity index (χ2n) is 10.4. The predicted molar refractivity (Wildman–Crippen MR) is 146 cm³/mol. The minimum absolute atomic E-state index is 0.184. The monoisotopic (exact) mass is 505 g/mol. The van der Waals surface area contributed by atoms with Gasteiger partial charge in [0.25, 0.3) is 5.91 Å². The fourth-order valence-electron chi connectivity index (χ4n) is 5.28. The van der Waals surface area contributed by atoms with Crippen molar-refractivity contribution in [3.05, 3.63) is 66.0 Å². The highest BCUT2D eigenvalue weighted by atomic mass is 19.1. The van der Waals surface area contributed by atoms with Crippen LogP contribution in [0.4, 0.5) is 15.8 Å². The van der Waals surface area contributed by atoms with E-state index < -0.39 is 5.82 Å². The third-order valence-electron chi connectivity index (χ3n) is 7.65. The van der Waals surface area contributed by atoms with Crippen LogP contribution in [0.2, 0.25) is 0 Å². The molecule has 6 nitrogen and oxygen atoms in total. The van der Waals surface area contributed by atoms with Crippen LogP contribution in [0.15, 0.2) is 54.6 Å². The van der Waals surface area contributed by atoms with Crippen molar-refractivity contribution in [2.24, 2.45) is 5.92 Å². The average molecular weight is 506 g/mol. The molecule has 1 amide bonds. The molecule has 2 fully saturated rings. The molecule has 3 aromatic carbocycles. The highest BCUT2D eigenvalue weighted by molar-refractivity contribution is 6.10. The van der Waals surface area contributed by atoms with Gasteiger partial charge in [-0.15, -0.1) is 0 Å². The number of carbonyl (C=O) groups excluding carboxylic acids is 1. The van der Waals surface area contributed by atoms with E-state index in [2.05, 4.69) is 22.0 Å². The molecule has 3 aromatic rings. The highest BCUT2D eigenvalue weighted by Crippen LogP contribution is 2.32. The molecular weight excluding hydrogens is 469 g/mol. The Morgan fingerprint density at radius 2 is 1.73 bits per heavy atom. The van der Waals surface area contributed by atoms with Gasteiger partial charge in [0.15, 0.2) is 0 Å². The summed E-state index contributed by atoms with van der Waals surface area (Å²) in [7, 11) is 0. The summed E-state index contributed by atoms with van der Waals surface area (Å²) in [6.45, 7) is 7.10. The number of likely N-dealkylation sites (tertiary alicyclic amines) is 1. The Morgan fingerprint density at radius 3 is 2.49 bits per heavy atom. The molecule has 0 unspecified atom stereocenters. The van der Waals surface area contributed by atoms with Crippen molar-refractivity contribution in [1.29, 1.82) is 0 Å². The molecule has 2 aliphatic heterocycles. The number of halogens is 1. The van der Waals surface area contributed by atoms with Crippen molar-refractivity contribution in [1.82, 2.24) is 4.90 Å². The molecular formula is C30H36FN3O3. The van der Waals surface area contributed by atoms with E-state index in [0.717, 1.165) is 80.6 Å². The SMILES string of the molecule is CC1CCN(c2cc(F)cc(C(=O)Nc3ccc(OCCN4CCC(O)CC4)c4ccccc34)c2)CC1. The summed E-state index contributed by atoms with van der Waals surface area (Å²) >= 11 is 0. The first kappa shape index (κ1) is 25.5. The lowest BCUT2D eigenvalue weighted by atomic mass is 9.98. The number of rotatable bonds is 7. The van der Waals surface area contributed by atoms with Gasteiger partial charge in [0.2, 0.25) is 0 Å². The number of aliphatic hydroxyl groups is 1. The van der Waals surface area contributed by atoms with Crippen LogP contribution < -0.4 is 15.0 Å². The number of fused-ring (bicyclic) bond motifs is 1. The summed E-state index contributed by atoms with van der Waals surface area (Å²) in [5.41, 5.74) is 1.73. The molecule has 0 aliphatic carbocycles. The molecule has 0 spiro atoms. The second kappa shape index (κ2) is 11.5. The van der Waals surface area contributed by atoms with Crippen LogP contribution in [0.1, 0.15) is 43.0 Å². The molecule has 5 rings (SSSR count). The van der Waals surface area contributed by atoms with E-state index in [1.807, 2.05) is 36.4 Å². The van der Waals surface area contributed by atoms with Crippen molar-refractivity contribution in [3.8, 4) is 5.75 Å². The molecule has 0 aromatic heterocycles. The van der Waals surface area contributed by atoms with Crippen molar-refractivity contribution >= 4 is 28.1 Å². The first-order chi connectivity index (χ1) is 18.0. The lowest BCUT2D eigenvalue weighted by Crippen LogP contribution is -2.38. The Balaban J connectivity index is 1.29. The molecule has 0 bridgehead atoms. The number of carbonyl (C=O) groups is 1. The number of hydrogen-bond donors (Lipinski definition) is 2. The summed E-state index contributed by atoms with van der Waals surface area (Å²) in [4.78, 5) is 17.7. The van der Waals surface area contributed by atoms with E-state index in [0.29, 0.717) is 23.8 Å². The number of ether oxygens (including phenoxy) is 1. The zero-order valence-electron chi connectivity index (χ0n) is 21.5. The normalized spacial score (nSPS) is 17.8. The summed E-state index contributed by atoms with van der Waals surface area (Å²) in [5, 5.41) is 14.5. The molecule has 37 heavy (non-hydrogen) atoms. The molecule has 0 radical (unpaired) electrons. The number of hydrogen-bond acceptors (Lipinski definition) is 5. The smallest absolute Gasteiger partial charge is 0.255 e. The molecule has 2 aliphatic rings. The third kappa shape index (κ3) is 6.22. The average Bonchev–Trinajstić information content (AvgIpc) is 2.91. The Bertz CT molecular complexity index is 1230. The van der Waals surface area contributed by atoms with Gasteiger partial charge in [-0.3, -0.25) is 9.69 Å². The van der Waals surface area contributed by atoms with Crippen molar-refractivity contribution in [3.63, 3.8) is 0 Å². The van der Waals surface area contributed by atoms with Crippen molar-refractivity contribution in [2.45, 2.75) is 38.7 Å². The Morgan fingerprint density at radius 1 is 1.00 bits per heavy atom. The Hall–Kier alpha value is -3.16. The molecule has 0 saturated carbocycles. The third-order valence-corrected chi connectivity index (χ3v) is 7.65. The van der Waals surface area contributed by atoms with E-state index in [-0.39, 0.29) is 12.0 Å². The predicted octanol–water partition coefficient (Wildman–Crippen LogP) is 5.30. The van der Waals surface area contributed by atoms with Gasteiger partial charge >= 0.3 is 0 Å². The minimum Gasteiger partial charge on any atom is -0.492 e. The van der Waals surface area contributed by atoms with Gasteiger partial charge < -0.3 is 20.1 Å². The summed E-state index contributed by atoms with van der Waals surface area (Å²) < 4.78 is 20.6. The largest absolute Gasteiger partial charge is 0.492 e. The van der Waals surface area contributed by atoms with Gasteiger partial charge in [-0.2, -0.15) is 0 Å². The lowest BCUT2D eigenvalue weighted by Gasteiger charge is -2.32. The van der Waals surface area contributed by atoms with Gasteiger partial charge in [0.1, 0.15) is 18.2 Å². The molecule has 2 heterocycles. The van der Waals surface area contributed by atoms with Gasteiger partial charge in [0.05, 0.1) is 6.10 Å². The number of piperidine rings is 2. The molecule has 7 heteroatoms. The van der Waals surface area contributed by atoms with Crippen LogP contribution in [0.3, 0.4) is 0 Å². The van der Waals surface area contributed by atoms with E-state index in [4.69, 9.17) is 4.74 Å². The van der Waals surface area contributed by atoms with Crippen LogP contribution in [-0.4, -0.2) is 61.3 Å². The first-order valence-corrected chi connectivity index (χ1v) is 13.4. The van der Waals surface area contributed by atoms with Gasteiger partial charge in [-0.1, -0.05) is 31.2 Å². The summed E-state index contributed by atoms with van der Waals surface area (Å²) in [6, 6.07) is 16.1. The van der Waals surface area contributed by atoms with Gasteiger partial charge in [0, 0.05) is 60.4 Å². The quantitative estimate of drug-likeness (QED) is 0.456. The maximum atomic E-state index is 14.5. The number of amides is 1. The lowest BCUT2D eigenvalue weighted by molar-refractivity contribution is 0.0756. The van der Waals surface area contributed by atoms with Crippen LogP contribution in [0.25, 0.3) is 10.8 Å². The zero-order chi connectivity index (χ0) is 25.8. The standard InChI is InChI=1S/C30H36FN3O3/c1-21-8-14-34(15-9-21)24-19-22(18-23(31)20-24)30(36)32-28-6-7-29(27-5-3-2-4-26(27)28)37-17-16-33-12-10-25(35)11-13-33/h2-7,18-21,25,35H,8-17H2,1H3,(H,32,36). The van der Waals surface area contributed by atoms with E-state index in [1.165, 1.54) is 12.1 Å². The number of benzene rings is 3. The summed E-state index contributed by atoms with van der Waals surface area (Å²) in [6.07, 6.45) is 3.57. The minimum atomic E-state index is -0.405. The van der Waals surface area contributed by atoms with Crippen LogP contribution in [0, 0.1) is 11.7 Å². The fourth-order valence-corrected chi connectivity index (χ4v) is 5.28. The van der Waals surface area contributed by atoms with Crippen LogP contribution in [0.5, 0.6) is 5.75 Å².